The summed E-state index contributed by atoms with van der Waals surface area (Å²) in [5, 5.41) is 10.3. The van der Waals surface area contributed by atoms with Gasteiger partial charge in [0.2, 0.25) is 15.9 Å². The minimum atomic E-state index is -4.28. The van der Waals surface area contributed by atoms with Crippen molar-refractivity contribution in [1.29, 1.82) is 0 Å². The molecule has 3 N–H and O–H groups in total. The van der Waals surface area contributed by atoms with Gasteiger partial charge in [-0.25, -0.2) is 17.5 Å². The molecule has 0 heterocycles. The van der Waals surface area contributed by atoms with Gasteiger partial charge in [-0.3, -0.25) is 14.9 Å². The van der Waals surface area contributed by atoms with Crippen LogP contribution < -0.4 is 10.5 Å². The van der Waals surface area contributed by atoms with E-state index in [1.807, 2.05) is 0 Å². The summed E-state index contributed by atoms with van der Waals surface area (Å²) in [7, 11) is -4.28. The molecular weight excluding hydrogens is 269 g/mol. The summed E-state index contributed by atoms with van der Waals surface area (Å²) in [5.41, 5.74) is 4.15. The van der Waals surface area contributed by atoms with Gasteiger partial charge in [0.1, 0.15) is 10.7 Å². The molecule has 0 saturated carbocycles. The molecule has 1 aromatic rings. The third-order valence-corrected chi connectivity index (χ3v) is 3.29. The molecule has 0 aliphatic rings. The molecule has 0 radical (unpaired) electrons. The minimum absolute atomic E-state index is 0.471. The molecule has 0 aliphatic carbocycles. The molecule has 8 nitrogen and oxygen atoms in total. The Morgan fingerprint density at radius 1 is 1.50 bits per heavy atom. The fourth-order valence-corrected chi connectivity index (χ4v) is 2.12. The van der Waals surface area contributed by atoms with Gasteiger partial charge in [-0.1, -0.05) is 0 Å². The zero-order valence-electron chi connectivity index (χ0n) is 8.79. The molecule has 98 valence electrons. The summed E-state index contributed by atoms with van der Waals surface area (Å²) in [6.45, 7) is -0.696. The number of nitrogens with two attached hydrogens (primary N) is 1. The summed E-state index contributed by atoms with van der Waals surface area (Å²) in [6, 6.07) is 2.04. The summed E-state index contributed by atoms with van der Waals surface area (Å²) >= 11 is 0. The first kappa shape index (κ1) is 14.0. The first-order chi connectivity index (χ1) is 8.24. The Hall–Kier alpha value is -2.07. The summed E-state index contributed by atoms with van der Waals surface area (Å²) in [4.78, 5) is 19.1. The Labute approximate surface area is 101 Å². The number of nitrogens with zero attached hydrogens (tertiary/aromatic N) is 1. The molecule has 1 aromatic carbocycles. The maximum absolute atomic E-state index is 13.4. The van der Waals surface area contributed by atoms with Gasteiger partial charge in [0.15, 0.2) is 0 Å². The molecule has 1 amide bonds. The minimum Gasteiger partial charge on any atom is -0.369 e. The van der Waals surface area contributed by atoms with Gasteiger partial charge in [0, 0.05) is 6.07 Å². The number of sulfonamides is 1. The Bertz CT molecular complexity index is 601. The van der Waals surface area contributed by atoms with Crippen molar-refractivity contribution >= 4 is 21.6 Å². The van der Waals surface area contributed by atoms with Crippen LogP contribution >= 0.6 is 0 Å². The van der Waals surface area contributed by atoms with Gasteiger partial charge in [-0.05, 0) is 6.07 Å². The van der Waals surface area contributed by atoms with E-state index in [0.29, 0.717) is 6.07 Å². The van der Waals surface area contributed by atoms with E-state index in [2.05, 4.69) is 0 Å². The summed E-state index contributed by atoms with van der Waals surface area (Å²) in [6.07, 6.45) is 0. The molecule has 0 bridgehead atoms. The third-order valence-electron chi connectivity index (χ3n) is 1.85. The van der Waals surface area contributed by atoms with Crippen molar-refractivity contribution in [2.45, 2.75) is 4.90 Å². The monoisotopic (exact) mass is 277 g/mol. The molecule has 0 atom stereocenters. The number of halogens is 1. The maximum Gasteiger partial charge on any atom is 0.272 e. The number of carbonyl (C=O) groups is 1. The van der Waals surface area contributed by atoms with Crippen molar-refractivity contribution in [2.75, 3.05) is 6.54 Å². The largest absolute Gasteiger partial charge is 0.369 e. The van der Waals surface area contributed by atoms with E-state index in [1.165, 1.54) is 0 Å². The van der Waals surface area contributed by atoms with E-state index in [-0.39, 0.29) is 0 Å². The van der Waals surface area contributed by atoms with Crippen molar-refractivity contribution in [3.05, 3.63) is 34.1 Å². The van der Waals surface area contributed by atoms with E-state index in [1.54, 1.807) is 4.72 Å². The van der Waals surface area contributed by atoms with Gasteiger partial charge < -0.3 is 5.73 Å². The van der Waals surface area contributed by atoms with Gasteiger partial charge >= 0.3 is 0 Å². The van der Waals surface area contributed by atoms with E-state index >= 15 is 0 Å². The van der Waals surface area contributed by atoms with Gasteiger partial charge in [-0.15, -0.1) is 0 Å². The van der Waals surface area contributed by atoms with E-state index < -0.39 is 43.8 Å². The molecular formula is C8H8FN3O5S. The van der Waals surface area contributed by atoms with Crippen LogP contribution in [0.1, 0.15) is 0 Å². The smallest absolute Gasteiger partial charge is 0.272 e. The highest BCUT2D eigenvalue weighted by molar-refractivity contribution is 7.89. The third kappa shape index (κ3) is 3.21. The SMILES string of the molecule is NC(=O)CNS(=O)(=O)c1ccc([N+](=O)[O-])cc1F. The number of benzene rings is 1. The van der Waals surface area contributed by atoms with E-state index in [0.717, 1.165) is 12.1 Å². The van der Waals surface area contributed by atoms with Crippen molar-refractivity contribution in [2.24, 2.45) is 5.73 Å². The molecule has 18 heavy (non-hydrogen) atoms. The van der Waals surface area contributed by atoms with Crippen molar-refractivity contribution in [3.8, 4) is 0 Å². The lowest BCUT2D eigenvalue weighted by Crippen LogP contribution is -2.33. The predicted octanol–water partition coefficient (Wildman–Crippen LogP) is -0.502. The Morgan fingerprint density at radius 3 is 2.56 bits per heavy atom. The second-order valence-electron chi connectivity index (χ2n) is 3.16. The average molecular weight is 277 g/mol. The van der Waals surface area contributed by atoms with Crippen LogP contribution in [0.3, 0.4) is 0 Å². The lowest BCUT2D eigenvalue weighted by molar-refractivity contribution is -0.385. The maximum atomic E-state index is 13.4. The summed E-state index contributed by atoms with van der Waals surface area (Å²) in [5.74, 6) is -2.23. The number of nitrogens with one attached hydrogen (secondary N) is 1. The lowest BCUT2D eigenvalue weighted by atomic mass is 10.3. The topological polar surface area (TPSA) is 132 Å². The average Bonchev–Trinajstić information content (AvgIpc) is 2.26. The molecule has 0 fully saturated rings. The fraction of sp³-hybridized carbons (Fsp3) is 0.125. The van der Waals surface area contributed by atoms with Crippen molar-refractivity contribution < 1.29 is 22.5 Å². The van der Waals surface area contributed by atoms with Crippen LogP contribution in [0, 0.1) is 15.9 Å². The number of hydrogen-bond donors (Lipinski definition) is 2. The Balaban J connectivity index is 3.10. The molecule has 0 saturated heterocycles. The zero-order valence-corrected chi connectivity index (χ0v) is 9.61. The number of carbonyl (C=O) groups excluding carboxylic acids is 1. The number of non-ortho nitro benzene ring substituents is 1. The molecule has 0 spiro atoms. The Morgan fingerprint density at radius 2 is 2.11 bits per heavy atom. The van der Waals surface area contributed by atoms with Crippen molar-refractivity contribution in [3.63, 3.8) is 0 Å². The number of nitro benzene ring substituents is 1. The molecule has 10 heteroatoms. The van der Waals surface area contributed by atoms with Crippen LogP contribution in [0.15, 0.2) is 23.1 Å². The normalized spacial score (nSPS) is 11.2. The van der Waals surface area contributed by atoms with Crippen LogP contribution in [-0.2, 0) is 14.8 Å². The van der Waals surface area contributed by atoms with Crippen molar-refractivity contribution in [1.82, 2.24) is 4.72 Å². The van der Waals surface area contributed by atoms with Crippen LogP contribution in [0.4, 0.5) is 10.1 Å². The van der Waals surface area contributed by atoms with Crippen LogP contribution in [-0.4, -0.2) is 25.8 Å². The zero-order chi connectivity index (χ0) is 13.9. The first-order valence-corrected chi connectivity index (χ1v) is 5.94. The van der Waals surface area contributed by atoms with Crippen LogP contribution in [0.25, 0.3) is 0 Å². The number of primary amides is 1. The highest BCUT2D eigenvalue weighted by Crippen LogP contribution is 2.20. The second-order valence-corrected chi connectivity index (χ2v) is 4.90. The standard InChI is InChI=1S/C8H8FN3O5S/c9-6-3-5(12(14)15)1-2-7(6)18(16,17)11-4-8(10)13/h1-3,11H,4H2,(H2,10,13). The van der Waals surface area contributed by atoms with Crippen LogP contribution in [0.2, 0.25) is 0 Å². The number of amides is 1. The van der Waals surface area contributed by atoms with E-state index in [4.69, 9.17) is 5.73 Å². The first-order valence-electron chi connectivity index (χ1n) is 4.46. The van der Waals surface area contributed by atoms with E-state index in [9.17, 15) is 27.7 Å². The van der Waals surface area contributed by atoms with Gasteiger partial charge in [-0.2, -0.15) is 0 Å². The molecule has 1 rings (SSSR count). The van der Waals surface area contributed by atoms with Gasteiger partial charge in [0.25, 0.3) is 5.69 Å². The molecule has 0 unspecified atom stereocenters. The second kappa shape index (κ2) is 5.06. The highest BCUT2D eigenvalue weighted by atomic mass is 32.2. The Kier molecular flexibility index (Phi) is 3.93. The molecule has 0 aliphatic heterocycles. The number of rotatable bonds is 5. The lowest BCUT2D eigenvalue weighted by Gasteiger charge is -2.05. The quantitative estimate of drug-likeness (QED) is 0.553. The summed E-state index contributed by atoms with van der Waals surface area (Å²) < 4.78 is 38.2. The van der Waals surface area contributed by atoms with Gasteiger partial charge in [0.05, 0.1) is 17.5 Å². The number of nitro groups is 1. The fourth-order valence-electron chi connectivity index (χ4n) is 1.07. The molecule has 0 aromatic heterocycles. The number of hydrogen-bond acceptors (Lipinski definition) is 5. The highest BCUT2D eigenvalue weighted by Gasteiger charge is 2.21. The predicted molar refractivity (Wildman–Crippen MR) is 57.4 cm³/mol. The van der Waals surface area contributed by atoms with Crippen LogP contribution in [0.5, 0.6) is 0 Å².